The van der Waals surface area contributed by atoms with Gasteiger partial charge >= 0.3 is 6.16 Å². The van der Waals surface area contributed by atoms with Crippen LogP contribution in [0, 0.1) is 0 Å². The number of carbonyl (C=O) groups is 1. The second-order valence-electron chi connectivity index (χ2n) is 4.39. The van der Waals surface area contributed by atoms with Crippen LogP contribution >= 0.6 is 0 Å². The molecule has 0 aliphatic rings. The number of ether oxygens (including phenoxy) is 2. The molecule has 0 bridgehead atoms. The van der Waals surface area contributed by atoms with Crippen LogP contribution in [0.2, 0.25) is 0 Å². The standard InChI is InChI=1S/C10H22O2.C5H10O3/c11-9-7-5-3-1-2-4-6-8-10-12;1-3-7-5(6)8-4-2/h11-12H,1-10H2;3-4H2,1-2H3. The molecular weight excluding hydrogens is 260 g/mol. The summed E-state index contributed by atoms with van der Waals surface area (Å²) < 4.78 is 8.84. The fourth-order valence-corrected chi connectivity index (χ4v) is 1.56. The first-order valence-electron chi connectivity index (χ1n) is 7.74. The van der Waals surface area contributed by atoms with Gasteiger partial charge in [0.05, 0.1) is 13.2 Å². The Morgan fingerprint density at radius 2 is 1.00 bits per heavy atom. The maximum atomic E-state index is 10.2. The Hall–Kier alpha value is -0.810. The molecule has 5 nitrogen and oxygen atoms in total. The molecule has 0 aromatic carbocycles. The van der Waals surface area contributed by atoms with Gasteiger partial charge in [-0.1, -0.05) is 38.5 Å². The number of aliphatic hydroxyl groups excluding tert-OH is 2. The van der Waals surface area contributed by atoms with E-state index in [4.69, 9.17) is 10.2 Å². The first-order chi connectivity index (χ1) is 9.72. The van der Waals surface area contributed by atoms with Crippen molar-refractivity contribution < 1.29 is 24.5 Å². The Labute approximate surface area is 123 Å². The lowest BCUT2D eigenvalue weighted by atomic mass is 10.1. The lowest BCUT2D eigenvalue weighted by Crippen LogP contribution is -2.05. The first-order valence-corrected chi connectivity index (χ1v) is 7.74. The van der Waals surface area contributed by atoms with Gasteiger partial charge in [-0.25, -0.2) is 4.79 Å². The predicted molar refractivity (Wildman–Crippen MR) is 79.8 cm³/mol. The highest BCUT2D eigenvalue weighted by molar-refractivity contribution is 5.59. The van der Waals surface area contributed by atoms with Crippen LogP contribution in [-0.2, 0) is 9.47 Å². The van der Waals surface area contributed by atoms with Crippen molar-refractivity contribution in [1.29, 1.82) is 0 Å². The molecule has 20 heavy (non-hydrogen) atoms. The monoisotopic (exact) mass is 292 g/mol. The molecular formula is C15H32O5. The largest absolute Gasteiger partial charge is 0.508 e. The number of hydrogen-bond donors (Lipinski definition) is 2. The molecule has 0 heterocycles. The smallest absolute Gasteiger partial charge is 0.435 e. The summed E-state index contributed by atoms with van der Waals surface area (Å²) in [7, 11) is 0. The zero-order chi connectivity index (χ0) is 15.5. The highest BCUT2D eigenvalue weighted by Crippen LogP contribution is 2.07. The fourth-order valence-electron chi connectivity index (χ4n) is 1.56. The molecule has 0 fully saturated rings. The van der Waals surface area contributed by atoms with Gasteiger partial charge in [0, 0.05) is 13.2 Å². The topological polar surface area (TPSA) is 76.0 Å². The highest BCUT2D eigenvalue weighted by atomic mass is 16.7. The van der Waals surface area contributed by atoms with Crippen molar-refractivity contribution in [3.8, 4) is 0 Å². The lowest BCUT2D eigenvalue weighted by Gasteiger charge is -1.99. The SMILES string of the molecule is CCOC(=O)OCC.OCCCCCCCCCCO. The Balaban J connectivity index is 0. The van der Waals surface area contributed by atoms with Crippen molar-refractivity contribution in [3.63, 3.8) is 0 Å². The maximum Gasteiger partial charge on any atom is 0.508 e. The quantitative estimate of drug-likeness (QED) is 0.451. The molecule has 0 spiro atoms. The van der Waals surface area contributed by atoms with Gasteiger partial charge in [-0.2, -0.15) is 0 Å². The molecule has 122 valence electrons. The van der Waals surface area contributed by atoms with Gasteiger partial charge < -0.3 is 19.7 Å². The van der Waals surface area contributed by atoms with Crippen molar-refractivity contribution >= 4 is 6.16 Å². The molecule has 2 N–H and O–H groups in total. The Morgan fingerprint density at radius 1 is 0.700 bits per heavy atom. The number of hydrogen-bond acceptors (Lipinski definition) is 5. The normalized spacial score (nSPS) is 9.60. The second kappa shape index (κ2) is 20.5. The van der Waals surface area contributed by atoms with Crippen LogP contribution in [0.1, 0.15) is 65.2 Å². The summed E-state index contributed by atoms with van der Waals surface area (Å²) in [5.74, 6) is 0. The van der Waals surface area contributed by atoms with E-state index in [-0.39, 0.29) is 0 Å². The van der Waals surface area contributed by atoms with Crippen LogP contribution < -0.4 is 0 Å². The Bertz CT molecular complexity index is 167. The van der Waals surface area contributed by atoms with E-state index in [1.165, 1.54) is 25.7 Å². The molecule has 0 aromatic heterocycles. The minimum Gasteiger partial charge on any atom is -0.435 e. The van der Waals surface area contributed by atoms with Gasteiger partial charge in [0.2, 0.25) is 0 Å². The molecule has 0 aliphatic carbocycles. The van der Waals surface area contributed by atoms with Gasteiger partial charge in [0.25, 0.3) is 0 Å². The van der Waals surface area contributed by atoms with Gasteiger partial charge in [-0.15, -0.1) is 0 Å². The molecule has 0 saturated heterocycles. The third-order valence-electron chi connectivity index (χ3n) is 2.59. The average Bonchev–Trinajstić information content (AvgIpc) is 2.43. The minimum atomic E-state index is -0.588. The molecule has 0 rings (SSSR count). The Morgan fingerprint density at radius 3 is 1.25 bits per heavy atom. The molecule has 0 unspecified atom stereocenters. The first kappa shape index (κ1) is 21.5. The summed E-state index contributed by atoms with van der Waals surface area (Å²) in [6, 6.07) is 0. The Kier molecular flexibility index (Phi) is 22.0. The summed E-state index contributed by atoms with van der Waals surface area (Å²) in [4.78, 5) is 10.2. The summed E-state index contributed by atoms with van der Waals surface area (Å²) in [6.07, 6.45) is 8.71. The molecule has 0 amide bonds. The van der Waals surface area contributed by atoms with Crippen LogP contribution in [-0.4, -0.2) is 42.8 Å². The molecule has 0 atom stereocenters. The molecule has 0 aromatic rings. The minimum absolute atomic E-state index is 0.338. The molecule has 5 heteroatoms. The van der Waals surface area contributed by atoms with E-state index < -0.39 is 6.16 Å². The van der Waals surface area contributed by atoms with Crippen LogP contribution in [0.5, 0.6) is 0 Å². The molecule has 0 saturated carbocycles. The van der Waals surface area contributed by atoms with Crippen LogP contribution in [0.25, 0.3) is 0 Å². The van der Waals surface area contributed by atoms with Crippen molar-refractivity contribution in [2.75, 3.05) is 26.4 Å². The van der Waals surface area contributed by atoms with Crippen molar-refractivity contribution in [2.45, 2.75) is 65.2 Å². The zero-order valence-corrected chi connectivity index (χ0v) is 13.1. The van der Waals surface area contributed by atoms with Crippen molar-refractivity contribution in [3.05, 3.63) is 0 Å². The van der Waals surface area contributed by atoms with Crippen LogP contribution in [0.15, 0.2) is 0 Å². The van der Waals surface area contributed by atoms with E-state index in [1.54, 1.807) is 13.8 Å². The van der Waals surface area contributed by atoms with E-state index in [1.807, 2.05) is 0 Å². The van der Waals surface area contributed by atoms with Gasteiger partial charge in [-0.05, 0) is 26.7 Å². The summed E-state index contributed by atoms with van der Waals surface area (Å²) in [6.45, 7) is 4.89. The lowest BCUT2D eigenvalue weighted by molar-refractivity contribution is 0.0630. The van der Waals surface area contributed by atoms with E-state index in [2.05, 4.69) is 9.47 Å². The zero-order valence-electron chi connectivity index (χ0n) is 13.1. The van der Waals surface area contributed by atoms with Crippen molar-refractivity contribution in [2.24, 2.45) is 0 Å². The van der Waals surface area contributed by atoms with Crippen molar-refractivity contribution in [1.82, 2.24) is 0 Å². The summed E-state index contributed by atoms with van der Waals surface area (Å²) in [5.41, 5.74) is 0. The fraction of sp³-hybridized carbons (Fsp3) is 0.933. The number of unbranched alkanes of at least 4 members (excludes halogenated alkanes) is 7. The van der Waals surface area contributed by atoms with E-state index in [0.717, 1.165) is 25.7 Å². The maximum absolute atomic E-state index is 10.2. The van der Waals surface area contributed by atoms with E-state index in [0.29, 0.717) is 26.4 Å². The third-order valence-corrected chi connectivity index (χ3v) is 2.59. The highest BCUT2D eigenvalue weighted by Gasteiger charge is 1.96. The summed E-state index contributed by atoms with van der Waals surface area (Å²) >= 11 is 0. The summed E-state index contributed by atoms with van der Waals surface area (Å²) in [5, 5.41) is 17.0. The van der Waals surface area contributed by atoms with E-state index >= 15 is 0 Å². The van der Waals surface area contributed by atoms with Crippen LogP contribution in [0.4, 0.5) is 4.79 Å². The average molecular weight is 292 g/mol. The third kappa shape index (κ3) is 22.4. The van der Waals surface area contributed by atoms with Crippen LogP contribution in [0.3, 0.4) is 0 Å². The van der Waals surface area contributed by atoms with E-state index in [9.17, 15) is 4.79 Å². The second-order valence-corrected chi connectivity index (χ2v) is 4.39. The van der Waals surface area contributed by atoms with Gasteiger partial charge in [0.15, 0.2) is 0 Å². The molecule has 0 radical (unpaired) electrons. The predicted octanol–water partition coefficient (Wildman–Crippen LogP) is 3.27. The van der Waals surface area contributed by atoms with Gasteiger partial charge in [-0.3, -0.25) is 0 Å². The molecule has 0 aliphatic heterocycles. The number of aliphatic hydroxyl groups is 2. The number of carbonyl (C=O) groups excluding carboxylic acids is 1. The number of rotatable bonds is 11. The van der Waals surface area contributed by atoms with Gasteiger partial charge in [0.1, 0.15) is 0 Å².